The van der Waals surface area contributed by atoms with Gasteiger partial charge in [-0.2, -0.15) is 0 Å². The Kier molecular flexibility index (Phi) is 6.05. The van der Waals surface area contributed by atoms with Crippen LogP contribution in [0, 0.1) is 0 Å². The van der Waals surface area contributed by atoms with E-state index in [1.54, 1.807) is 7.11 Å². The molecule has 0 aliphatic rings. The van der Waals surface area contributed by atoms with Crippen molar-refractivity contribution < 1.29 is 14.3 Å². The van der Waals surface area contributed by atoms with Crippen LogP contribution in [0.4, 0.5) is 0 Å². The summed E-state index contributed by atoms with van der Waals surface area (Å²) in [6, 6.07) is 7.97. The van der Waals surface area contributed by atoms with Crippen LogP contribution in [0.1, 0.15) is 18.4 Å². The number of ether oxygens (including phenoxy) is 2. The molecule has 0 N–H and O–H groups in total. The van der Waals surface area contributed by atoms with Crippen molar-refractivity contribution in [3.8, 4) is 5.75 Å². The number of alkyl halides is 1. The number of aryl methyl sites for hydroxylation is 1. The first-order valence-electron chi connectivity index (χ1n) is 5.52. The van der Waals surface area contributed by atoms with Crippen molar-refractivity contribution in [3.05, 3.63) is 29.8 Å². The average Bonchev–Trinajstić information content (AvgIpc) is 2.37. The van der Waals surface area contributed by atoms with Crippen LogP contribution in [0.15, 0.2) is 24.3 Å². The van der Waals surface area contributed by atoms with Gasteiger partial charge in [-0.1, -0.05) is 28.1 Å². The van der Waals surface area contributed by atoms with Gasteiger partial charge in [0.05, 0.1) is 14.2 Å². The van der Waals surface area contributed by atoms with E-state index in [0.717, 1.165) is 25.0 Å². The van der Waals surface area contributed by atoms with Crippen molar-refractivity contribution in [2.45, 2.75) is 24.1 Å². The summed E-state index contributed by atoms with van der Waals surface area (Å²) in [5.74, 6) is 0.654. The molecule has 94 valence electrons. The van der Waals surface area contributed by atoms with Gasteiger partial charge < -0.3 is 9.47 Å². The molecule has 0 saturated carbocycles. The number of benzene rings is 1. The zero-order chi connectivity index (χ0) is 12.7. The SMILES string of the molecule is COC(=O)C(Br)CCCc1cccc(OC)c1. The van der Waals surface area contributed by atoms with Crippen molar-refractivity contribution in [2.75, 3.05) is 14.2 Å². The monoisotopic (exact) mass is 300 g/mol. The van der Waals surface area contributed by atoms with Crippen LogP contribution in [0.5, 0.6) is 5.75 Å². The molecule has 0 radical (unpaired) electrons. The molecule has 0 spiro atoms. The van der Waals surface area contributed by atoms with Crippen LogP contribution in [-0.4, -0.2) is 25.0 Å². The van der Waals surface area contributed by atoms with Crippen LogP contribution in [0.25, 0.3) is 0 Å². The van der Waals surface area contributed by atoms with Gasteiger partial charge in [0.15, 0.2) is 0 Å². The minimum Gasteiger partial charge on any atom is -0.497 e. The fourth-order valence-corrected chi connectivity index (χ4v) is 2.07. The summed E-state index contributed by atoms with van der Waals surface area (Å²) in [5, 5.41) is 0. The van der Waals surface area contributed by atoms with Gasteiger partial charge in [-0.3, -0.25) is 4.79 Å². The topological polar surface area (TPSA) is 35.5 Å². The van der Waals surface area contributed by atoms with Gasteiger partial charge in [-0.15, -0.1) is 0 Å². The fourth-order valence-electron chi connectivity index (χ4n) is 1.56. The van der Waals surface area contributed by atoms with Gasteiger partial charge in [0.25, 0.3) is 0 Å². The van der Waals surface area contributed by atoms with E-state index in [1.807, 2.05) is 18.2 Å². The third-order valence-electron chi connectivity index (χ3n) is 2.51. The standard InChI is InChI=1S/C13H17BrO3/c1-16-11-7-3-5-10(9-11)6-4-8-12(14)13(15)17-2/h3,5,7,9,12H,4,6,8H2,1-2H3. The Hall–Kier alpha value is -1.03. The van der Waals surface area contributed by atoms with E-state index in [4.69, 9.17) is 4.74 Å². The number of hydrogen-bond donors (Lipinski definition) is 0. The number of carbonyl (C=O) groups is 1. The normalized spacial score (nSPS) is 11.9. The highest BCUT2D eigenvalue weighted by Crippen LogP contribution is 2.16. The first-order chi connectivity index (χ1) is 8.17. The number of esters is 1. The second-order valence-electron chi connectivity index (χ2n) is 3.73. The molecule has 0 heterocycles. The lowest BCUT2D eigenvalue weighted by atomic mass is 10.1. The first-order valence-corrected chi connectivity index (χ1v) is 6.43. The van der Waals surface area contributed by atoms with Crippen molar-refractivity contribution in [1.82, 2.24) is 0 Å². The summed E-state index contributed by atoms with van der Waals surface area (Å²) >= 11 is 3.31. The van der Waals surface area contributed by atoms with Crippen LogP contribution >= 0.6 is 15.9 Å². The molecule has 1 aromatic carbocycles. The Balaban J connectivity index is 2.37. The smallest absolute Gasteiger partial charge is 0.319 e. The Morgan fingerprint density at radius 2 is 2.18 bits per heavy atom. The number of halogens is 1. The molecule has 4 heteroatoms. The van der Waals surface area contributed by atoms with Gasteiger partial charge >= 0.3 is 5.97 Å². The molecular weight excluding hydrogens is 284 g/mol. The molecule has 0 aromatic heterocycles. The van der Waals surface area contributed by atoms with E-state index in [-0.39, 0.29) is 10.8 Å². The van der Waals surface area contributed by atoms with E-state index in [1.165, 1.54) is 12.7 Å². The number of methoxy groups -OCH3 is 2. The number of rotatable bonds is 6. The third-order valence-corrected chi connectivity index (χ3v) is 3.35. The molecule has 0 fully saturated rings. The lowest BCUT2D eigenvalue weighted by molar-refractivity contribution is -0.139. The summed E-state index contributed by atoms with van der Waals surface area (Å²) in [6.45, 7) is 0. The number of hydrogen-bond acceptors (Lipinski definition) is 3. The van der Waals surface area contributed by atoms with Crippen LogP contribution < -0.4 is 4.74 Å². The second-order valence-corrected chi connectivity index (χ2v) is 4.84. The fraction of sp³-hybridized carbons (Fsp3) is 0.462. The predicted molar refractivity (Wildman–Crippen MR) is 70.7 cm³/mol. The van der Waals surface area contributed by atoms with Gasteiger partial charge in [0.2, 0.25) is 0 Å². The molecule has 0 saturated heterocycles. The van der Waals surface area contributed by atoms with Gasteiger partial charge in [0, 0.05) is 0 Å². The van der Waals surface area contributed by atoms with Gasteiger partial charge in [0.1, 0.15) is 10.6 Å². The zero-order valence-corrected chi connectivity index (χ0v) is 11.7. The molecule has 3 nitrogen and oxygen atoms in total. The van der Waals surface area contributed by atoms with E-state index in [2.05, 4.69) is 26.7 Å². The van der Waals surface area contributed by atoms with Crippen LogP contribution in [0.2, 0.25) is 0 Å². The van der Waals surface area contributed by atoms with Crippen molar-refractivity contribution in [2.24, 2.45) is 0 Å². The van der Waals surface area contributed by atoms with E-state index in [0.29, 0.717) is 0 Å². The third kappa shape index (κ3) is 4.77. The summed E-state index contributed by atoms with van der Waals surface area (Å²) in [6.07, 6.45) is 2.62. The lowest BCUT2D eigenvalue weighted by Gasteiger charge is -2.08. The zero-order valence-electron chi connectivity index (χ0n) is 10.1. The maximum atomic E-state index is 11.2. The minimum atomic E-state index is -0.212. The molecular formula is C13H17BrO3. The molecule has 1 rings (SSSR count). The highest BCUT2D eigenvalue weighted by atomic mass is 79.9. The minimum absolute atomic E-state index is 0.210. The summed E-state index contributed by atoms with van der Waals surface area (Å²) in [7, 11) is 3.06. The second kappa shape index (κ2) is 7.33. The van der Waals surface area contributed by atoms with Crippen molar-refractivity contribution in [1.29, 1.82) is 0 Å². The summed E-state index contributed by atoms with van der Waals surface area (Å²) in [5.41, 5.74) is 1.22. The molecule has 0 amide bonds. The molecule has 0 bridgehead atoms. The van der Waals surface area contributed by atoms with Crippen LogP contribution in [-0.2, 0) is 16.0 Å². The van der Waals surface area contributed by atoms with E-state index in [9.17, 15) is 4.79 Å². The Morgan fingerprint density at radius 3 is 2.82 bits per heavy atom. The Labute approximate surface area is 110 Å². The maximum Gasteiger partial charge on any atom is 0.319 e. The largest absolute Gasteiger partial charge is 0.497 e. The van der Waals surface area contributed by atoms with Crippen molar-refractivity contribution in [3.63, 3.8) is 0 Å². The molecule has 1 aromatic rings. The van der Waals surface area contributed by atoms with E-state index < -0.39 is 0 Å². The summed E-state index contributed by atoms with van der Waals surface area (Å²) in [4.78, 5) is 11.0. The molecule has 1 unspecified atom stereocenters. The van der Waals surface area contributed by atoms with Gasteiger partial charge in [-0.05, 0) is 37.0 Å². The van der Waals surface area contributed by atoms with E-state index >= 15 is 0 Å². The van der Waals surface area contributed by atoms with Gasteiger partial charge in [-0.25, -0.2) is 0 Å². The quantitative estimate of drug-likeness (QED) is 0.598. The van der Waals surface area contributed by atoms with Crippen LogP contribution in [0.3, 0.4) is 0 Å². The predicted octanol–water partition coefficient (Wildman–Crippen LogP) is 2.95. The first kappa shape index (κ1) is 14.0. The lowest BCUT2D eigenvalue weighted by Crippen LogP contribution is -2.15. The maximum absolute atomic E-state index is 11.2. The van der Waals surface area contributed by atoms with Crippen molar-refractivity contribution >= 4 is 21.9 Å². The molecule has 0 aliphatic carbocycles. The highest BCUT2D eigenvalue weighted by Gasteiger charge is 2.14. The highest BCUT2D eigenvalue weighted by molar-refractivity contribution is 9.10. The summed E-state index contributed by atoms with van der Waals surface area (Å²) < 4.78 is 9.80. The molecule has 17 heavy (non-hydrogen) atoms. The molecule has 0 aliphatic heterocycles. The Morgan fingerprint density at radius 1 is 1.41 bits per heavy atom. The average molecular weight is 301 g/mol. The molecule has 1 atom stereocenters. The Bertz CT molecular complexity index is 365. The number of carbonyl (C=O) groups excluding carboxylic acids is 1.